The summed E-state index contributed by atoms with van der Waals surface area (Å²) in [4.78, 5) is 0. The lowest BCUT2D eigenvalue weighted by atomic mass is 10.1. The van der Waals surface area contributed by atoms with E-state index in [0.29, 0.717) is 26.4 Å². The van der Waals surface area contributed by atoms with E-state index in [1.54, 1.807) is 0 Å². The fourth-order valence-electron chi connectivity index (χ4n) is 2.77. The Hall–Kier alpha value is -1.15. The second kappa shape index (κ2) is 10.6. The van der Waals surface area contributed by atoms with Crippen LogP contribution in [-0.4, -0.2) is 51.1 Å². The monoisotopic (exact) mass is 322 g/mol. The lowest BCUT2D eigenvalue weighted by Crippen LogP contribution is -2.36. The van der Waals surface area contributed by atoms with Crippen molar-refractivity contribution in [3.63, 3.8) is 0 Å². The lowest BCUT2D eigenvalue weighted by molar-refractivity contribution is -0.0481. The summed E-state index contributed by atoms with van der Waals surface area (Å²) in [5, 5.41) is 12.5. The van der Waals surface area contributed by atoms with E-state index in [9.17, 15) is 5.26 Å². The maximum Gasteiger partial charge on any atom is 0.157 e. The van der Waals surface area contributed by atoms with Crippen LogP contribution in [0.2, 0.25) is 0 Å². The molecule has 2 atom stereocenters. The summed E-state index contributed by atoms with van der Waals surface area (Å²) in [5.74, 6) is 2.73. The van der Waals surface area contributed by atoms with Crippen molar-refractivity contribution < 1.29 is 18.9 Å². The fourth-order valence-corrected chi connectivity index (χ4v) is 2.77. The third-order valence-corrected chi connectivity index (χ3v) is 4.01. The summed E-state index contributed by atoms with van der Waals surface area (Å²) >= 11 is 0. The molecule has 2 rings (SSSR count). The number of rotatable bonds is 10. The fraction of sp³-hybridized carbons (Fsp3) is 0.824. The normalized spacial score (nSPS) is 21.8. The van der Waals surface area contributed by atoms with Crippen molar-refractivity contribution in [2.45, 2.75) is 63.2 Å². The van der Waals surface area contributed by atoms with Gasteiger partial charge in [-0.1, -0.05) is 5.92 Å². The van der Waals surface area contributed by atoms with Crippen molar-refractivity contribution in [2.24, 2.45) is 0 Å². The molecule has 2 aliphatic heterocycles. The number of hydrogen-bond donors (Lipinski definition) is 1. The van der Waals surface area contributed by atoms with Gasteiger partial charge in [-0.15, -0.1) is 6.42 Å². The largest absolute Gasteiger partial charge is 0.350 e. The smallest absolute Gasteiger partial charge is 0.157 e. The van der Waals surface area contributed by atoms with E-state index >= 15 is 0 Å². The van der Waals surface area contributed by atoms with Gasteiger partial charge in [-0.3, -0.25) is 5.32 Å². The van der Waals surface area contributed by atoms with Crippen LogP contribution in [0.15, 0.2) is 0 Å². The van der Waals surface area contributed by atoms with Gasteiger partial charge >= 0.3 is 0 Å². The molecule has 0 bridgehead atoms. The number of terminal acetylenes is 1. The number of nitrogens with zero attached hydrogens (tertiary/aromatic N) is 1. The Morgan fingerprint density at radius 3 is 1.83 bits per heavy atom. The number of hydrogen-bond acceptors (Lipinski definition) is 6. The average molecular weight is 322 g/mol. The predicted octanol–water partition coefficient (Wildman–Crippen LogP) is 1.56. The van der Waals surface area contributed by atoms with E-state index < -0.39 is 0 Å². The van der Waals surface area contributed by atoms with Crippen LogP contribution in [-0.2, 0) is 18.9 Å². The first-order valence-corrected chi connectivity index (χ1v) is 8.40. The minimum absolute atomic E-state index is 0.0911. The summed E-state index contributed by atoms with van der Waals surface area (Å²) in [7, 11) is 0. The first kappa shape index (κ1) is 18.2. The van der Waals surface area contributed by atoms with Gasteiger partial charge < -0.3 is 18.9 Å². The average Bonchev–Trinajstić information content (AvgIpc) is 3.26. The standard InChI is InChI=1S/C17H26N2O4/c1-2-14(5-3-7-16-20-9-10-21-16)19-15(13-18)6-4-8-17-22-11-12-23-17/h1,14-17,19H,3-12H2. The summed E-state index contributed by atoms with van der Waals surface area (Å²) in [6.45, 7) is 2.68. The van der Waals surface area contributed by atoms with E-state index in [2.05, 4.69) is 17.3 Å². The maximum absolute atomic E-state index is 9.28. The van der Waals surface area contributed by atoms with Gasteiger partial charge in [-0.2, -0.15) is 5.26 Å². The van der Waals surface area contributed by atoms with Crippen LogP contribution in [0.4, 0.5) is 0 Å². The highest BCUT2D eigenvalue weighted by atomic mass is 16.7. The molecule has 2 fully saturated rings. The number of nitriles is 1. The second-order valence-electron chi connectivity index (χ2n) is 5.77. The highest BCUT2D eigenvalue weighted by Crippen LogP contribution is 2.15. The van der Waals surface area contributed by atoms with Gasteiger partial charge in [-0.25, -0.2) is 0 Å². The molecule has 0 radical (unpaired) electrons. The molecule has 0 saturated carbocycles. The van der Waals surface area contributed by atoms with E-state index in [1.165, 1.54) is 0 Å². The van der Waals surface area contributed by atoms with Crippen molar-refractivity contribution in [3.05, 3.63) is 0 Å². The molecule has 128 valence electrons. The number of nitrogens with one attached hydrogen (secondary N) is 1. The van der Waals surface area contributed by atoms with Crippen molar-refractivity contribution in [1.29, 1.82) is 5.26 Å². The van der Waals surface area contributed by atoms with Gasteiger partial charge in [-0.05, 0) is 38.5 Å². The topological polar surface area (TPSA) is 72.7 Å². The summed E-state index contributed by atoms with van der Waals surface area (Å²) in [6, 6.07) is 1.95. The summed E-state index contributed by atoms with van der Waals surface area (Å²) in [6.07, 6.45) is 10.4. The zero-order valence-electron chi connectivity index (χ0n) is 13.5. The first-order valence-electron chi connectivity index (χ1n) is 8.40. The molecule has 2 heterocycles. The van der Waals surface area contributed by atoms with Crippen LogP contribution in [0.25, 0.3) is 0 Å². The van der Waals surface area contributed by atoms with E-state index in [0.717, 1.165) is 38.5 Å². The van der Waals surface area contributed by atoms with Crippen molar-refractivity contribution in [2.75, 3.05) is 26.4 Å². The Morgan fingerprint density at radius 2 is 1.39 bits per heavy atom. The Labute approximate surface area is 138 Å². The van der Waals surface area contributed by atoms with Gasteiger partial charge in [0.2, 0.25) is 0 Å². The molecule has 23 heavy (non-hydrogen) atoms. The van der Waals surface area contributed by atoms with Crippen LogP contribution in [0.1, 0.15) is 38.5 Å². The van der Waals surface area contributed by atoms with Gasteiger partial charge in [0, 0.05) is 0 Å². The Balaban J connectivity index is 1.59. The quantitative estimate of drug-likeness (QED) is 0.615. The molecule has 1 N–H and O–H groups in total. The van der Waals surface area contributed by atoms with Crippen LogP contribution >= 0.6 is 0 Å². The molecule has 6 nitrogen and oxygen atoms in total. The molecule has 0 aliphatic carbocycles. The van der Waals surface area contributed by atoms with Gasteiger partial charge in [0.05, 0.1) is 44.6 Å². The Morgan fingerprint density at radius 1 is 0.913 bits per heavy atom. The van der Waals surface area contributed by atoms with Crippen LogP contribution in [0.5, 0.6) is 0 Å². The second-order valence-corrected chi connectivity index (χ2v) is 5.77. The molecule has 6 heteroatoms. The predicted molar refractivity (Wildman–Crippen MR) is 84.2 cm³/mol. The first-order chi connectivity index (χ1) is 11.3. The van der Waals surface area contributed by atoms with Crippen LogP contribution < -0.4 is 5.32 Å². The summed E-state index contributed by atoms with van der Waals surface area (Å²) in [5.41, 5.74) is 0. The SMILES string of the molecule is C#CC(CCCC1OCCO1)NC(C#N)CCCC1OCCO1. The molecule has 0 aromatic rings. The van der Waals surface area contributed by atoms with E-state index in [-0.39, 0.29) is 24.7 Å². The molecular weight excluding hydrogens is 296 g/mol. The summed E-state index contributed by atoms with van der Waals surface area (Å²) < 4.78 is 21.6. The van der Waals surface area contributed by atoms with Crippen molar-refractivity contribution >= 4 is 0 Å². The van der Waals surface area contributed by atoms with Crippen molar-refractivity contribution in [1.82, 2.24) is 5.32 Å². The highest BCUT2D eigenvalue weighted by Gasteiger charge is 2.19. The lowest BCUT2D eigenvalue weighted by Gasteiger charge is -2.18. The molecule has 0 aromatic carbocycles. The third kappa shape index (κ3) is 6.87. The van der Waals surface area contributed by atoms with Crippen LogP contribution in [0, 0.1) is 23.7 Å². The third-order valence-electron chi connectivity index (χ3n) is 4.01. The molecule has 0 amide bonds. The van der Waals surface area contributed by atoms with Crippen LogP contribution in [0.3, 0.4) is 0 Å². The van der Waals surface area contributed by atoms with Gasteiger partial charge in [0.15, 0.2) is 12.6 Å². The zero-order valence-corrected chi connectivity index (χ0v) is 13.5. The minimum atomic E-state index is -0.239. The molecule has 2 saturated heterocycles. The number of ether oxygens (including phenoxy) is 4. The molecule has 0 spiro atoms. The van der Waals surface area contributed by atoms with E-state index in [4.69, 9.17) is 25.4 Å². The highest BCUT2D eigenvalue weighted by molar-refractivity contribution is 5.03. The minimum Gasteiger partial charge on any atom is -0.350 e. The molecule has 2 aliphatic rings. The van der Waals surface area contributed by atoms with Crippen molar-refractivity contribution in [3.8, 4) is 18.4 Å². The Kier molecular flexibility index (Phi) is 8.38. The molecule has 2 unspecified atom stereocenters. The van der Waals surface area contributed by atoms with Gasteiger partial charge in [0.25, 0.3) is 0 Å². The molecular formula is C17H26N2O4. The van der Waals surface area contributed by atoms with Gasteiger partial charge in [0.1, 0.15) is 0 Å². The molecule has 0 aromatic heterocycles. The maximum atomic E-state index is 9.28. The Bertz CT molecular complexity index is 368. The zero-order chi connectivity index (χ0) is 16.3. The van der Waals surface area contributed by atoms with E-state index in [1.807, 2.05) is 0 Å².